The van der Waals surface area contributed by atoms with Gasteiger partial charge in [-0.15, -0.1) is 0 Å². The van der Waals surface area contributed by atoms with Gasteiger partial charge in [-0.3, -0.25) is 4.79 Å². The quantitative estimate of drug-likeness (QED) is 0.276. The summed E-state index contributed by atoms with van der Waals surface area (Å²) in [5.74, 6) is 0.529. The van der Waals surface area contributed by atoms with Crippen molar-refractivity contribution in [3.63, 3.8) is 0 Å². The fraction of sp³-hybridized carbons (Fsp3) is 0.267. The smallest absolute Gasteiger partial charge is 0.254 e. The number of aromatic nitrogens is 2. The van der Waals surface area contributed by atoms with Crippen LogP contribution in [-0.4, -0.2) is 39.8 Å². The first-order valence-electron chi connectivity index (χ1n) is 12.7. The van der Waals surface area contributed by atoms with Crippen LogP contribution in [0.3, 0.4) is 0 Å². The van der Waals surface area contributed by atoms with Crippen LogP contribution in [0.2, 0.25) is 0 Å². The Kier molecular flexibility index (Phi) is 7.61. The normalized spacial score (nSPS) is 15.0. The molecule has 1 aliphatic heterocycles. The number of rotatable bonds is 9. The third kappa shape index (κ3) is 5.73. The van der Waals surface area contributed by atoms with Gasteiger partial charge >= 0.3 is 0 Å². The number of benzene rings is 3. The van der Waals surface area contributed by atoms with Gasteiger partial charge in [0, 0.05) is 18.7 Å². The predicted octanol–water partition coefficient (Wildman–Crippen LogP) is 6.19. The number of carbonyl (C=O) groups excluding carboxylic acids is 1. The van der Waals surface area contributed by atoms with E-state index in [0.717, 1.165) is 29.8 Å². The van der Waals surface area contributed by atoms with Crippen LogP contribution in [0, 0.1) is 5.82 Å². The molecule has 4 aromatic rings. The molecule has 5 rings (SSSR count). The Morgan fingerprint density at radius 2 is 1.84 bits per heavy atom. The third-order valence-corrected chi connectivity index (χ3v) is 6.47. The number of aryl methyl sites for hydroxylation is 1. The predicted molar refractivity (Wildman–Crippen MR) is 140 cm³/mol. The molecule has 0 bridgehead atoms. The fourth-order valence-corrected chi connectivity index (χ4v) is 4.62. The van der Waals surface area contributed by atoms with Crippen LogP contribution in [-0.2, 0) is 17.7 Å². The number of ether oxygens (including phenoxy) is 2. The van der Waals surface area contributed by atoms with Crippen molar-refractivity contribution in [2.75, 3.05) is 13.2 Å². The van der Waals surface area contributed by atoms with Crippen molar-refractivity contribution in [1.82, 2.24) is 14.7 Å². The van der Waals surface area contributed by atoms with Gasteiger partial charge in [0.1, 0.15) is 11.6 Å². The van der Waals surface area contributed by atoms with E-state index in [0.29, 0.717) is 36.8 Å². The van der Waals surface area contributed by atoms with E-state index in [1.54, 1.807) is 21.7 Å². The van der Waals surface area contributed by atoms with Gasteiger partial charge in [-0.25, -0.2) is 9.07 Å². The summed E-state index contributed by atoms with van der Waals surface area (Å²) in [5.41, 5.74) is 2.81. The highest BCUT2D eigenvalue weighted by atomic mass is 19.1. The van der Waals surface area contributed by atoms with Crippen molar-refractivity contribution in [1.29, 1.82) is 0 Å². The van der Waals surface area contributed by atoms with Crippen LogP contribution in [0.15, 0.2) is 84.9 Å². The summed E-state index contributed by atoms with van der Waals surface area (Å²) in [5, 5.41) is 4.89. The number of carbonyl (C=O) groups is 1. The SMILES string of the molecule is CCc1nn(-c2ccccc2)c(Oc2ccccc2)c1CN(CC1CCCO1)C(=O)c1cccc(F)c1. The Morgan fingerprint density at radius 1 is 1.08 bits per heavy atom. The van der Waals surface area contributed by atoms with Crippen molar-refractivity contribution in [2.45, 2.75) is 38.8 Å². The molecule has 3 aromatic carbocycles. The van der Waals surface area contributed by atoms with Gasteiger partial charge in [-0.2, -0.15) is 5.10 Å². The Morgan fingerprint density at radius 3 is 2.51 bits per heavy atom. The monoisotopic (exact) mass is 499 g/mol. The van der Waals surface area contributed by atoms with Crippen LogP contribution >= 0.6 is 0 Å². The maximum atomic E-state index is 14.0. The van der Waals surface area contributed by atoms with Crippen molar-refractivity contribution >= 4 is 5.91 Å². The van der Waals surface area contributed by atoms with E-state index in [2.05, 4.69) is 0 Å². The largest absolute Gasteiger partial charge is 0.439 e. The van der Waals surface area contributed by atoms with E-state index in [-0.39, 0.29) is 18.6 Å². The lowest BCUT2D eigenvalue weighted by Gasteiger charge is -2.26. The molecule has 0 radical (unpaired) electrons. The zero-order valence-electron chi connectivity index (χ0n) is 20.8. The first-order chi connectivity index (χ1) is 18.1. The molecule has 1 saturated heterocycles. The van der Waals surface area contributed by atoms with Gasteiger partial charge in [0.2, 0.25) is 5.88 Å². The van der Waals surface area contributed by atoms with Crippen LogP contribution in [0.5, 0.6) is 11.6 Å². The van der Waals surface area contributed by atoms with Gasteiger partial charge in [-0.05, 0) is 61.7 Å². The molecular formula is C30H30FN3O3. The molecule has 0 N–H and O–H groups in total. The minimum atomic E-state index is -0.442. The molecule has 1 atom stereocenters. The zero-order valence-corrected chi connectivity index (χ0v) is 20.8. The Bertz CT molecular complexity index is 1330. The Balaban J connectivity index is 1.57. The van der Waals surface area contributed by atoms with E-state index >= 15 is 0 Å². The van der Waals surface area contributed by atoms with Crippen molar-refractivity contribution in [2.24, 2.45) is 0 Å². The maximum Gasteiger partial charge on any atom is 0.254 e. The summed E-state index contributed by atoms with van der Waals surface area (Å²) in [6.07, 6.45) is 2.43. The molecule has 37 heavy (non-hydrogen) atoms. The summed E-state index contributed by atoms with van der Waals surface area (Å²) >= 11 is 0. The van der Waals surface area contributed by atoms with Gasteiger partial charge in [0.05, 0.1) is 29.6 Å². The minimum Gasteiger partial charge on any atom is -0.439 e. The second-order valence-electron chi connectivity index (χ2n) is 9.08. The first-order valence-corrected chi connectivity index (χ1v) is 12.7. The van der Waals surface area contributed by atoms with Crippen molar-refractivity contribution in [3.8, 4) is 17.3 Å². The summed E-state index contributed by atoms with van der Waals surface area (Å²) in [6.45, 7) is 3.38. The molecule has 0 aliphatic carbocycles. The van der Waals surface area contributed by atoms with Crippen LogP contribution in [0.25, 0.3) is 5.69 Å². The summed E-state index contributed by atoms with van der Waals surface area (Å²) < 4.78 is 28.1. The Hall–Kier alpha value is -3.97. The van der Waals surface area contributed by atoms with E-state index in [4.69, 9.17) is 14.6 Å². The first kappa shape index (κ1) is 24.7. The lowest BCUT2D eigenvalue weighted by atomic mass is 10.1. The highest BCUT2D eigenvalue weighted by Gasteiger charge is 2.28. The van der Waals surface area contributed by atoms with E-state index < -0.39 is 5.82 Å². The molecule has 190 valence electrons. The molecule has 1 fully saturated rings. The standard InChI is InChI=1S/C30H30FN3O3/c1-2-28-27(21-33(20-26-17-10-18-36-26)29(35)22-11-9-12-23(31)19-22)30(37-25-15-7-4-8-16-25)34(32-28)24-13-5-3-6-14-24/h3-9,11-16,19,26H,2,10,17-18,20-21H2,1H3. The molecule has 7 heteroatoms. The fourth-order valence-electron chi connectivity index (χ4n) is 4.62. The van der Waals surface area contributed by atoms with E-state index in [9.17, 15) is 9.18 Å². The molecule has 0 spiro atoms. The van der Waals surface area contributed by atoms with Crippen LogP contribution in [0.1, 0.15) is 41.4 Å². The molecule has 1 amide bonds. The number of nitrogens with zero attached hydrogens (tertiary/aromatic N) is 3. The number of hydrogen-bond acceptors (Lipinski definition) is 4. The lowest BCUT2D eigenvalue weighted by Crippen LogP contribution is -2.37. The van der Waals surface area contributed by atoms with Crippen LogP contribution in [0.4, 0.5) is 4.39 Å². The molecule has 1 aromatic heterocycles. The van der Waals surface area contributed by atoms with Gasteiger partial charge in [0.25, 0.3) is 5.91 Å². The molecule has 1 aliphatic rings. The highest BCUT2D eigenvalue weighted by Crippen LogP contribution is 2.33. The second-order valence-corrected chi connectivity index (χ2v) is 9.08. The summed E-state index contributed by atoms with van der Waals surface area (Å²) in [7, 11) is 0. The lowest BCUT2D eigenvalue weighted by molar-refractivity contribution is 0.0505. The van der Waals surface area contributed by atoms with Gasteiger partial charge in [0.15, 0.2) is 0 Å². The van der Waals surface area contributed by atoms with Gasteiger partial charge < -0.3 is 14.4 Å². The minimum absolute atomic E-state index is 0.0646. The average Bonchev–Trinajstić information content (AvgIpc) is 3.57. The number of halogens is 1. The topological polar surface area (TPSA) is 56.6 Å². The van der Waals surface area contributed by atoms with Crippen LogP contribution < -0.4 is 4.74 Å². The van der Waals surface area contributed by atoms with Gasteiger partial charge in [-0.1, -0.05) is 49.4 Å². The molecular weight excluding hydrogens is 469 g/mol. The second kappa shape index (κ2) is 11.4. The number of para-hydroxylation sites is 2. The van der Waals surface area contributed by atoms with Crippen molar-refractivity contribution in [3.05, 3.63) is 108 Å². The molecule has 6 nitrogen and oxygen atoms in total. The highest BCUT2D eigenvalue weighted by molar-refractivity contribution is 5.94. The maximum absolute atomic E-state index is 14.0. The van der Waals surface area contributed by atoms with E-state index in [1.165, 1.54) is 12.1 Å². The number of amides is 1. The molecule has 2 heterocycles. The average molecular weight is 500 g/mol. The molecule has 1 unspecified atom stereocenters. The van der Waals surface area contributed by atoms with Crippen molar-refractivity contribution < 1.29 is 18.7 Å². The Labute approximate surface area is 216 Å². The summed E-state index contributed by atoms with van der Waals surface area (Å²) in [6, 6.07) is 25.1. The van der Waals surface area contributed by atoms with E-state index in [1.807, 2.05) is 67.6 Å². The zero-order chi connectivity index (χ0) is 25.6. The summed E-state index contributed by atoms with van der Waals surface area (Å²) in [4.78, 5) is 15.4. The molecule has 0 saturated carbocycles. The number of hydrogen-bond donors (Lipinski definition) is 0. The third-order valence-electron chi connectivity index (χ3n) is 6.47.